The Morgan fingerprint density at radius 1 is 1.19 bits per heavy atom. The molecule has 0 bridgehead atoms. The molecule has 1 aromatic carbocycles. The highest BCUT2D eigenvalue weighted by atomic mass is 35.5. The molecule has 0 radical (unpaired) electrons. The molecule has 0 spiro atoms. The number of amides is 1. The van der Waals surface area contributed by atoms with Gasteiger partial charge in [0.15, 0.2) is 0 Å². The van der Waals surface area contributed by atoms with Gasteiger partial charge in [0, 0.05) is 31.7 Å². The maximum Gasteiger partial charge on any atom is 0.225 e. The summed E-state index contributed by atoms with van der Waals surface area (Å²) in [6, 6.07) is 7.95. The Bertz CT molecular complexity index is 437. The van der Waals surface area contributed by atoms with Crippen molar-refractivity contribution in [3.63, 3.8) is 0 Å². The smallest absolute Gasteiger partial charge is 0.225 e. The van der Waals surface area contributed by atoms with Crippen LogP contribution in [0, 0.1) is 18.8 Å². The quantitative estimate of drug-likeness (QED) is 0.919. The zero-order valence-electron chi connectivity index (χ0n) is 13.3. The van der Waals surface area contributed by atoms with Crippen LogP contribution in [-0.2, 0) is 4.79 Å². The molecule has 1 N–H and O–H groups in total. The van der Waals surface area contributed by atoms with Crippen LogP contribution in [-0.4, -0.2) is 30.4 Å². The second-order valence-corrected chi connectivity index (χ2v) is 6.37. The van der Waals surface area contributed by atoms with Crippen LogP contribution in [0.5, 0.6) is 0 Å². The molecular formula is C17H27ClN2O. The molecule has 1 aromatic rings. The average Bonchev–Trinajstić information content (AvgIpc) is 2.38. The van der Waals surface area contributed by atoms with E-state index in [9.17, 15) is 4.79 Å². The normalized spacial score (nSPS) is 22.4. The van der Waals surface area contributed by atoms with Crippen molar-refractivity contribution in [2.75, 3.05) is 25.0 Å². The highest BCUT2D eigenvalue weighted by Crippen LogP contribution is 2.20. The maximum absolute atomic E-state index is 12.0. The van der Waals surface area contributed by atoms with E-state index in [0.717, 1.165) is 37.2 Å². The van der Waals surface area contributed by atoms with E-state index in [4.69, 9.17) is 0 Å². The minimum Gasteiger partial charge on any atom is -0.326 e. The Labute approximate surface area is 134 Å². The monoisotopic (exact) mass is 310 g/mol. The lowest BCUT2D eigenvalue weighted by Gasteiger charge is -2.34. The second kappa shape index (κ2) is 8.40. The Morgan fingerprint density at radius 2 is 1.76 bits per heavy atom. The Hall–Kier alpha value is -1.06. The Balaban J connectivity index is 0.00000220. The van der Waals surface area contributed by atoms with Crippen LogP contribution in [0.1, 0.15) is 32.3 Å². The number of halogens is 1. The van der Waals surface area contributed by atoms with Gasteiger partial charge in [-0.2, -0.15) is 0 Å². The van der Waals surface area contributed by atoms with Crippen LogP contribution in [0.3, 0.4) is 0 Å². The lowest BCUT2D eigenvalue weighted by molar-refractivity contribution is -0.116. The molecule has 4 heteroatoms. The van der Waals surface area contributed by atoms with Gasteiger partial charge < -0.3 is 10.2 Å². The summed E-state index contributed by atoms with van der Waals surface area (Å²) in [6.07, 6.45) is 1.89. The molecular weight excluding hydrogens is 284 g/mol. The zero-order valence-corrected chi connectivity index (χ0v) is 14.1. The van der Waals surface area contributed by atoms with E-state index in [-0.39, 0.29) is 18.3 Å². The lowest BCUT2D eigenvalue weighted by atomic mass is 9.92. The molecule has 21 heavy (non-hydrogen) atoms. The number of nitrogens with zero attached hydrogens (tertiary/aromatic N) is 1. The van der Waals surface area contributed by atoms with Gasteiger partial charge in [-0.3, -0.25) is 4.79 Å². The largest absolute Gasteiger partial charge is 0.326 e. The van der Waals surface area contributed by atoms with Crippen LogP contribution >= 0.6 is 12.4 Å². The van der Waals surface area contributed by atoms with Gasteiger partial charge >= 0.3 is 0 Å². The van der Waals surface area contributed by atoms with E-state index in [2.05, 4.69) is 24.1 Å². The third-order valence-corrected chi connectivity index (χ3v) is 3.93. The number of benzene rings is 1. The van der Waals surface area contributed by atoms with Gasteiger partial charge in [0.05, 0.1) is 0 Å². The van der Waals surface area contributed by atoms with Gasteiger partial charge in [-0.1, -0.05) is 31.5 Å². The molecule has 2 rings (SSSR count). The number of nitrogens with one attached hydrogen (secondary N) is 1. The minimum absolute atomic E-state index is 0. The van der Waals surface area contributed by atoms with Crippen LogP contribution in [0.25, 0.3) is 0 Å². The van der Waals surface area contributed by atoms with Crippen molar-refractivity contribution in [1.82, 2.24) is 4.90 Å². The molecule has 1 saturated heterocycles. The van der Waals surface area contributed by atoms with E-state index in [1.54, 1.807) is 0 Å². The molecule has 0 saturated carbocycles. The number of carbonyl (C=O) groups excluding carboxylic acids is 1. The number of piperidine rings is 1. The van der Waals surface area contributed by atoms with E-state index >= 15 is 0 Å². The molecule has 0 aromatic heterocycles. The Morgan fingerprint density at radius 3 is 2.33 bits per heavy atom. The summed E-state index contributed by atoms with van der Waals surface area (Å²) in [5.41, 5.74) is 2.10. The number of hydrogen-bond acceptors (Lipinski definition) is 2. The number of rotatable bonds is 4. The van der Waals surface area contributed by atoms with Gasteiger partial charge in [0.25, 0.3) is 0 Å². The topological polar surface area (TPSA) is 32.3 Å². The molecule has 1 fully saturated rings. The maximum atomic E-state index is 12.0. The summed E-state index contributed by atoms with van der Waals surface area (Å²) in [6.45, 7) is 9.77. The standard InChI is InChI=1S/C17H26N2O.ClH/c1-13-4-6-16(7-5-13)18-17(20)8-9-19-11-14(2)10-15(3)12-19;/h4-7,14-15H,8-12H2,1-3H3,(H,18,20);1H. The third kappa shape index (κ3) is 6.06. The lowest BCUT2D eigenvalue weighted by Crippen LogP contribution is -2.40. The van der Waals surface area contributed by atoms with Crippen LogP contribution in [0.2, 0.25) is 0 Å². The number of likely N-dealkylation sites (tertiary alicyclic amines) is 1. The van der Waals surface area contributed by atoms with Crippen LogP contribution in [0.15, 0.2) is 24.3 Å². The molecule has 1 heterocycles. The van der Waals surface area contributed by atoms with Crippen molar-refractivity contribution in [3.8, 4) is 0 Å². The Kier molecular flexibility index (Phi) is 7.20. The first kappa shape index (κ1) is 18.0. The summed E-state index contributed by atoms with van der Waals surface area (Å²) in [5, 5.41) is 2.97. The van der Waals surface area contributed by atoms with Crippen molar-refractivity contribution >= 4 is 24.0 Å². The summed E-state index contributed by atoms with van der Waals surface area (Å²) in [7, 11) is 0. The average molecular weight is 311 g/mol. The molecule has 1 amide bonds. The predicted molar refractivity (Wildman–Crippen MR) is 91.1 cm³/mol. The van der Waals surface area contributed by atoms with E-state index in [1.165, 1.54) is 12.0 Å². The SMILES string of the molecule is Cc1ccc(NC(=O)CCN2CC(C)CC(C)C2)cc1.Cl. The zero-order chi connectivity index (χ0) is 14.5. The molecule has 3 nitrogen and oxygen atoms in total. The molecule has 1 aliphatic rings. The highest BCUT2D eigenvalue weighted by Gasteiger charge is 2.21. The number of carbonyl (C=O) groups is 1. The van der Waals surface area contributed by atoms with Gasteiger partial charge in [0.2, 0.25) is 5.91 Å². The first-order chi connectivity index (χ1) is 9.52. The predicted octanol–water partition coefficient (Wildman–Crippen LogP) is 3.72. The third-order valence-electron chi connectivity index (χ3n) is 3.93. The number of aryl methyl sites for hydroxylation is 1. The van der Waals surface area contributed by atoms with Crippen molar-refractivity contribution in [2.45, 2.75) is 33.6 Å². The van der Waals surface area contributed by atoms with Gasteiger partial charge in [-0.15, -0.1) is 12.4 Å². The summed E-state index contributed by atoms with van der Waals surface area (Å²) >= 11 is 0. The molecule has 2 atom stereocenters. The van der Waals surface area contributed by atoms with Gasteiger partial charge in [-0.05, 0) is 37.3 Å². The van der Waals surface area contributed by atoms with E-state index in [0.29, 0.717) is 6.42 Å². The van der Waals surface area contributed by atoms with Crippen molar-refractivity contribution in [3.05, 3.63) is 29.8 Å². The first-order valence-electron chi connectivity index (χ1n) is 7.62. The van der Waals surface area contributed by atoms with Crippen molar-refractivity contribution in [2.24, 2.45) is 11.8 Å². The van der Waals surface area contributed by atoms with Gasteiger partial charge in [-0.25, -0.2) is 0 Å². The minimum atomic E-state index is 0. The van der Waals surface area contributed by atoms with E-state index < -0.39 is 0 Å². The van der Waals surface area contributed by atoms with Crippen LogP contribution < -0.4 is 5.32 Å². The summed E-state index contributed by atoms with van der Waals surface area (Å²) in [4.78, 5) is 14.4. The molecule has 2 unspecified atom stereocenters. The number of hydrogen-bond donors (Lipinski definition) is 1. The van der Waals surface area contributed by atoms with E-state index in [1.807, 2.05) is 31.2 Å². The fourth-order valence-corrected chi connectivity index (χ4v) is 3.09. The fraction of sp³-hybridized carbons (Fsp3) is 0.588. The molecule has 1 aliphatic heterocycles. The number of anilines is 1. The molecule has 118 valence electrons. The highest BCUT2D eigenvalue weighted by molar-refractivity contribution is 5.90. The first-order valence-corrected chi connectivity index (χ1v) is 7.62. The second-order valence-electron chi connectivity index (χ2n) is 6.37. The summed E-state index contributed by atoms with van der Waals surface area (Å²) in [5.74, 6) is 1.61. The van der Waals surface area contributed by atoms with Crippen LogP contribution in [0.4, 0.5) is 5.69 Å². The summed E-state index contributed by atoms with van der Waals surface area (Å²) < 4.78 is 0. The van der Waals surface area contributed by atoms with Crippen molar-refractivity contribution < 1.29 is 4.79 Å². The van der Waals surface area contributed by atoms with Crippen molar-refractivity contribution in [1.29, 1.82) is 0 Å². The molecule has 0 aliphatic carbocycles. The fourth-order valence-electron chi connectivity index (χ4n) is 3.09. The van der Waals surface area contributed by atoms with Gasteiger partial charge in [0.1, 0.15) is 0 Å².